The van der Waals surface area contributed by atoms with Crippen LogP contribution in [0.25, 0.3) is 0 Å². The number of aromatic nitrogens is 1. The van der Waals surface area contributed by atoms with E-state index in [0.29, 0.717) is 23.0 Å². The molecule has 1 aromatic carbocycles. The largest absolute Gasteiger partial charge is 0.389 e. The van der Waals surface area contributed by atoms with Gasteiger partial charge in [0, 0.05) is 17.8 Å². The molecule has 20 heavy (non-hydrogen) atoms. The SMILES string of the molecule is CCN(c1cc(C(N)=S)cc(C)n1)c1ccccc1F. The minimum atomic E-state index is -0.283. The molecule has 0 amide bonds. The fourth-order valence-corrected chi connectivity index (χ4v) is 2.18. The number of thiocarbonyl (C=S) groups is 1. The van der Waals surface area contributed by atoms with Crippen LogP contribution in [0.2, 0.25) is 0 Å². The summed E-state index contributed by atoms with van der Waals surface area (Å²) in [7, 11) is 0. The molecule has 3 nitrogen and oxygen atoms in total. The lowest BCUT2D eigenvalue weighted by Gasteiger charge is -2.23. The highest BCUT2D eigenvalue weighted by Crippen LogP contribution is 2.27. The molecule has 0 fully saturated rings. The predicted molar refractivity (Wildman–Crippen MR) is 83.9 cm³/mol. The zero-order valence-electron chi connectivity index (χ0n) is 11.4. The molecule has 1 heterocycles. The fraction of sp³-hybridized carbons (Fsp3) is 0.200. The van der Waals surface area contributed by atoms with E-state index in [1.54, 1.807) is 29.2 Å². The number of para-hydroxylation sites is 1. The van der Waals surface area contributed by atoms with Crippen LogP contribution in [0.15, 0.2) is 36.4 Å². The van der Waals surface area contributed by atoms with Gasteiger partial charge in [-0.05, 0) is 38.1 Å². The van der Waals surface area contributed by atoms with Crippen LogP contribution >= 0.6 is 12.2 Å². The minimum absolute atomic E-state index is 0.283. The average molecular weight is 289 g/mol. The van der Waals surface area contributed by atoms with Gasteiger partial charge in [-0.2, -0.15) is 0 Å². The normalized spacial score (nSPS) is 10.3. The Labute approximate surface area is 123 Å². The van der Waals surface area contributed by atoms with Crippen LogP contribution in [-0.4, -0.2) is 16.5 Å². The van der Waals surface area contributed by atoms with Gasteiger partial charge in [0.25, 0.3) is 0 Å². The van der Waals surface area contributed by atoms with Crippen molar-refractivity contribution in [3.05, 3.63) is 53.5 Å². The Balaban J connectivity index is 2.52. The van der Waals surface area contributed by atoms with E-state index in [1.165, 1.54) is 6.07 Å². The van der Waals surface area contributed by atoms with E-state index in [0.717, 1.165) is 11.3 Å². The second-order valence-electron chi connectivity index (χ2n) is 4.42. The van der Waals surface area contributed by atoms with E-state index >= 15 is 0 Å². The second-order valence-corrected chi connectivity index (χ2v) is 4.86. The third-order valence-electron chi connectivity index (χ3n) is 2.96. The maximum absolute atomic E-state index is 14.0. The van der Waals surface area contributed by atoms with Crippen LogP contribution in [0, 0.1) is 12.7 Å². The van der Waals surface area contributed by atoms with Crippen LogP contribution in [0.5, 0.6) is 0 Å². The van der Waals surface area contributed by atoms with Crippen LogP contribution in [0.3, 0.4) is 0 Å². The number of anilines is 2. The molecule has 0 radical (unpaired) electrons. The van der Waals surface area contributed by atoms with E-state index in [4.69, 9.17) is 18.0 Å². The van der Waals surface area contributed by atoms with Crippen molar-refractivity contribution in [3.8, 4) is 0 Å². The zero-order chi connectivity index (χ0) is 14.7. The summed E-state index contributed by atoms with van der Waals surface area (Å²) in [4.78, 5) is 6.55. The first-order chi connectivity index (χ1) is 9.52. The number of pyridine rings is 1. The molecule has 2 N–H and O–H groups in total. The van der Waals surface area contributed by atoms with E-state index in [2.05, 4.69) is 4.98 Å². The average Bonchev–Trinajstić information content (AvgIpc) is 2.41. The van der Waals surface area contributed by atoms with Gasteiger partial charge in [-0.1, -0.05) is 24.4 Å². The lowest BCUT2D eigenvalue weighted by atomic mass is 10.2. The number of nitrogens with zero attached hydrogens (tertiary/aromatic N) is 2. The van der Waals surface area contributed by atoms with Crippen LogP contribution in [0.4, 0.5) is 15.9 Å². The molecule has 2 rings (SSSR count). The van der Waals surface area contributed by atoms with E-state index < -0.39 is 0 Å². The van der Waals surface area contributed by atoms with Gasteiger partial charge >= 0.3 is 0 Å². The summed E-state index contributed by atoms with van der Waals surface area (Å²) in [5.74, 6) is 0.356. The molecule has 0 spiro atoms. The summed E-state index contributed by atoms with van der Waals surface area (Å²) in [5.41, 5.74) is 7.69. The number of rotatable bonds is 4. The van der Waals surface area contributed by atoms with Crippen molar-refractivity contribution in [2.24, 2.45) is 5.73 Å². The van der Waals surface area contributed by atoms with Gasteiger partial charge in [0.1, 0.15) is 16.6 Å². The van der Waals surface area contributed by atoms with Gasteiger partial charge in [0.2, 0.25) is 0 Å². The zero-order valence-corrected chi connectivity index (χ0v) is 12.2. The van der Waals surface area contributed by atoms with Gasteiger partial charge in [0.05, 0.1) is 5.69 Å². The molecule has 104 valence electrons. The Hall–Kier alpha value is -2.01. The van der Waals surface area contributed by atoms with Crippen molar-refractivity contribution in [3.63, 3.8) is 0 Å². The standard InChI is InChI=1S/C15H16FN3S/c1-3-19(13-7-5-4-6-12(13)16)14-9-11(15(17)20)8-10(2)18-14/h4-9H,3H2,1-2H3,(H2,17,20). The van der Waals surface area contributed by atoms with Crippen molar-refractivity contribution in [2.45, 2.75) is 13.8 Å². The molecular weight excluding hydrogens is 273 g/mol. The number of halogens is 1. The van der Waals surface area contributed by atoms with Crippen molar-refractivity contribution < 1.29 is 4.39 Å². The lowest BCUT2D eigenvalue weighted by Crippen LogP contribution is -2.20. The van der Waals surface area contributed by atoms with Crippen molar-refractivity contribution in [2.75, 3.05) is 11.4 Å². The third kappa shape index (κ3) is 2.93. The Morgan fingerprint density at radius 3 is 2.65 bits per heavy atom. The van der Waals surface area contributed by atoms with Crippen LogP contribution in [-0.2, 0) is 0 Å². The summed E-state index contributed by atoms with van der Waals surface area (Å²) < 4.78 is 14.0. The molecule has 0 unspecified atom stereocenters. The van der Waals surface area contributed by atoms with Crippen molar-refractivity contribution in [1.29, 1.82) is 0 Å². The maximum Gasteiger partial charge on any atom is 0.146 e. The monoisotopic (exact) mass is 289 g/mol. The molecule has 2 aromatic rings. The smallest absolute Gasteiger partial charge is 0.146 e. The van der Waals surface area contributed by atoms with E-state index in [1.807, 2.05) is 19.9 Å². The van der Waals surface area contributed by atoms with E-state index in [9.17, 15) is 4.39 Å². The molecule has 0 saturated carbocycles. The quantitative estimate of drug-likeness (QED) is 0.877. The number of hydrogen-bond donors (Lipinski definition) is 1. The predicted octanol–water partition coefficient (Wildman–Crippen LogP) is 3.32. The topological polar surface area (TPSA) is 42.1 Å². The summed E-state index contributed by atoms with van der Waals surface area (Å²) in [6.07, 6.45) is 0. The lowest BCUT2D eigenvalue weighted by molar-refractivity contribution is 0.625. The summed E-state index contributed by atoms with van der Waals surface area (Å²) in [5, 5.41) is 0. The first-order valence-electron chi connectivity index (χ1n) is 6.33. The van der Waals surface area contributed by atoms with Gasteiger partial charge in [-0.25, -0.2) is 9.37 Å². The Morgan fingerprint density at radius 2 is 2.05 bits per heavy atom. The summed E-state index contributed by atoms with van der Waals surface area (Å²) in [6.45, 7) is 4.39. The number of nitrogens with two attached hydrogens (primary N) is 1. The number of benzene rings is 1. The number of hydrogen-bond acceptors (Lipinski definition) is 3. The van der Waals surface area contributed by atoms with Gasteiger partial charge in [-0.15, -0.1) is 0 Å². The highest BCUT2D eigenvalue weighted by molar-refractivity contribution is 7.80. The molecule has 5 heteroatoms. The summed E-state index contributed by atoms with van der Waals surface area (Å²) >= 11 is 5.00. The number of aryl methyl sites for hydroxylation is 1. The van der Waals surface area contributed by atoms with Crippen LogP contribution in [0.1, 0.15) is 18.2 Å². The molecule has 1 aromatic heterocycles. The fourth-order valence-electron chi connectivity index (χ4n) is 2.06. The van der Waals surface area contributed by atoms with Crippen molar-refractivity contribution >= 4 is 28.7 Å². The molecule has 0 atom stereocenters. The highest BCUT2D eigenvalue weighted by atomic mass is 32.1. The van der Waals surface area contributed by atoms with Crippen LogP contribution < -0.4 is 10.6 Å². The van der Waals surface area contributed by atoms with Crippen molar-refractivity contribution in [1.82, 2.24) is 4.98 Å². The molecule has 0 aliphatic rings. The Kier molecular flexibility index (Phi) is 4.29. The van der Waals surface area contributed by atoms with Gasteiger partial charge < -0.3 is 10.6 Å². The van der Waals surface area contributed by atoms with E-state index in [-0.39, 0.29) is 5.82 Å². The molecule has 0 aliphatic heterocycles. The molecule has 0 aliphatic carbocycles. The first kappa shape index (κ1) is 14.4. The molecule has 0 bridgehead atoms. The van der Waals surface area contributed by atoms with Gasteiger partial charge in [-0.3, -0.25) is 0 Å². The Bertz CT molecular complexity index is 643. The molecular formula is C15H16FN3S. The maximum atomic E-state index is 14.0. The third-order valence-corrected chi connectivity index (χ3v) is 3.20. The van der Waals surface area contributed by atoms with Gasteiger partial charge in [0.15, 0.2) is 0 Å². The Morgan fingerprint density at radius 1 is 1.35 bits per heavy atom. The second kappa shape index (κ2) is 5.96. The minimum Gasteiger partial charge on any atom is -0.389 e. The first-order valence-corrected chi connectivity index (χ1v) is 6.74. The summed E-state index contributed by atoms with van der Waals surface area (Å²) in [6, 6.07) is 10.2. The molecule has 0 saturated heterocycles. The highest BCUT2D eigenvalue weighted by Gasteiger charge is 2.14.